The number of benzene rings is 1. The van der Waals surface area contributed by atoms with Gasteiger partial charge in [-0.2, -0.15) is 8.42 Å². The van der Waals surface area contributed by atoms with Crippen LogP contribution in [0.15, 0.2) is 30.3 Å². The Bertz CT molecular complexity index is 638. The molecule has 1 heterocycles. The molecule has 0 spiro atoms. The van der Waals surface area contributed by atoms with Crippen LogP contribution in [0.5, 0.6) is 0 Å². The fourth-order valence-corrected chi connectivity index (χ4v) is 1.95. The Balaban J connectivity index is 2.65. The van der Waals surface area contributed by atoms with Crippen molar-refractivity contribution in [3.05, 3.63) is 36.0 Å². The number of anilines is 1. The van der Waals surface area contributed by atoms with Gasteiger partial charge in [0.15, 0.2) is 0 Å². The molecule has 2 aromatic rings. The number of pyridine rings is 1. The average molecular weight is 237 g/mol. The van der Waals surface area contributed by atoms with Gasteiger partial charge in [0.05, 0.1) is 11.2 Å². The van der Waals surface area contributed by atoms with Crippen molar-refractivity contribution in [2.24, 2.45) is 5.14 Å². The lowest BCUT2D eigenvalue weighted by molar-refractivity contribution is 0.603. The summed E-state index contributed by atoms with van der Waals surface area (Å²) in [5.41, 5.74) is 1.80. The van der Waals surface area contributed by atoms with Crippen molar-refractivity contribution in [1.82, 2.24) is 4.98 Å². The number of nitrogens with one attached hydrogen (secondary N) is 1. The topological polar surface area (TPSA) is 85.1 Å². The molecule has 5 nitrogen and oxygen atoms in total. The highest BCUT2D eigenvalue weighted by Crippen LogP contribution is 2.21. The van der Waals surface area contributed by atoms with E-state index in [0.717, 1.165) is 11.1 Å². The van der Waals surface area contributed by atoms with Crippen molar-refractivity contribution in [2.45, 2.75) is 6.92 Å². The molecule has 0 atom stereocenters. The van der Waals surface area contributed by atoms with Crippen molar-refractivity contribution >= 4 is 26.8 Å². The fourth-order valence-electron chi connectivity index (χ4n) is 1.48. The maximum absolute atomic E-state index is 11.0. The molecule has 16 heavy (non-hydrogen) atoms. The van der Waals surface area contributed by atoms with Gasteiger partial charge < -0.3 is 0 Å². The lowest BCUT2D eigenvalue weighted by atomic mass is 10.2. The first kappa shape index (κ1) is 10.8. The van der Waals surface area contributed by atoms with Gasteiger partial charge in [-0.15, -0.1) is 0 Å². The zero-order valence-electron chi connectivity index (χ0n) is 8.64. The molecule has 0 aliphatic heterocycles. The van der Waals surface area contributed by atoms with Crippen LogP contribution in [0, 0.1) is 6.92 Å². The summed E-state index contributed by atoms with van der Waals surface area (Å²) >= 11 is 0. The molecule has 0 saturated heterocycles. The summed E-state index contributed by atoms with van der Waals surface area (Å²) in [6.45, 7) is 1.84. The third kappa shape index (κ3) is 2.29. The van der Waals surface area contributed by atoms with Gasteiger partial charge in [0, 0.05) is 11.1 Å². The van der Waals surface area contributed by atoms with E-state index in [-0.39, 0.29) is 0 Å². The Morgan fingerprint density at radius 1 is 1.25 bits per heavy atom. The highest BCUT2D eigenvalue weighted by atomic mass is 32.2. The van der Waals surface area contributed by atoms with E-state index in [4.69, 9.17) is 5.14 Å². The molecule has 3 N–H and O–H groups in total. The van der Waals surface area contributed by atoms with Crippen LogP contribution in [0.1, 0.15) is 5.69 Å². The Morgan fingerprint density at radius 2 is 2.00 bits per heavy atom. The minimum absolute atomic E-state index is 0.392. The predicted octanol–water partition coefficient (Wildman–Crippen LogP) is 1.16. The first-order valence-electron chi connectivity index (χ1n) is 4.63. The van der Waals surface area contributed by atoms with Gasteiger partial charge in [0.25, 0.3) is 10.2 Å². The molecule has 0 fully saturated rings. The lowest BCUT2D eigenvalue weighted by Crippen LogP contribution is -2.21. The number of para-hydroxylation sites is 1. The largest absolute Gasteiger partial charge is 0.296 e. The second-order valence-corrected chi connectivity index (χ2v) is 4.77. The van der Waals surface area contributed by atoms with E-state index in [0.29, 0.717) is 11.2 Å². The molecule has 0 amide bonds. The van der Waals surface area contributed by atoms with Crippen molar-refractivity contribution in [1.29, 1.82) is 0 Å². The molecule has 0 unspecified atom stereocenters. The summed E-state index contributed by atoms with van der Waals surface area (Å²) in [6, 6.07) is 8.97. The first-order valence-corrected chi connectivity index (χ1v) is 6.17. The predicted molar refractivity (Wildman–Crippen MR) is 63.2 cm³/mol. The van der Waals surface area contributed by atoms with Crippen molar-refractivity contribution in [3.63, 3.8) is 0 Å². The number of aryl methyl sites for hydroxylation is 1. The summed E-state index contributed by atoms with van der Waals surface area (Å²) in [5.74, 6) is 0. The zero-order chi connectivity index (χ0) is 11.8. The van der Waals surface area contributed by atoms with Crippen molar-refractivity contribution in [2.75, 3.05) is 4.72 Å². The summed E-state index contributed by atoms with van der Waals surface area (Å²) < 4.78 is 24.2. The van der Waals surface area contributed by atoms with E-state index in [1.165, 1.54) is 0 Å². The monoisotopic (exact) mass is 237 g/mol. The van der Waals surface area contributed by atoms with Gasteiger partial charge in [-0.3, -0.25) is 9.71 Å². The SMILES string of the molecule is Cc1ccc2cccc(NS(N)(=O)=O)c2n1. The highest BCUT2D eigenvalue weighted by molar-refractivity contribution is 7.90. The zero-order valence-corrected chi connectivity index (χ0v) is 9.45. The second kappa shape index (κ2) is 3.73. The average Bonchev–Trinajstić information content (AvgIpc) is 2.17. The molecule has 6 heteroatoms. The van der Waals surface area contributed by atoms with Crippen LogP contribution in [0.3, 0.4) is 0 Å². The van der Waals surface area contributed by atoms with Crippen molar-refractivity contribution in [3.8, 4) is 0 Å². The number of nitrogens with zero attached hydrogens (tertiary/aromatic N) is 1. The smallest absolute Gasteiger partial charge is 0.269 e. The molecule has 1 aromatic heterocycles. The second-order valence-electron chi connectivity index (χ2n) is 3.48. The summed E-state index contributed by atoms with van der Waals surface area (Å²) in [4.78, 5) is 4.28. The number of rotatable bonds is 2. The molecule has 2 rings (SSSR count). The van der Waals surface area contributed by atoms with E-state index in [1.54, 1.807) is 12.1 Å². The van der Waals surface area contributed by atoms with Gasteiger partial charge in [-0.05, 0) is 19.1 Å². The van der Waals surface area contributed by atoms with E-state index in [9.17, 15) is 8.42 Å². The summed E-state index contributed by atoms with van der Waals surface area (Å²) in [5, 5.41) is 5.79. The van der Waals surface area contributed by atoms with Gasteiger partial charge >= 0.3 is 0 Å². The number of hydrogen-bond donors (Lipinski definition) is 2. The van der Waals surface area contributed by atoms with Crippen LogP contribution in [0.4, 0.5) is 5.69 Å². The molecular formula is C10H11N3O2S. The van der Waals surface area contributed by atoms with Crippen LogP contribution >= 0.6 is 0 Å². The van der Waals surface area contributed by atoms with Crippen LogP contribution < -0.4 is 9.86 Å². The molecule has 0 aliphatic rings. The van der Waals surface area contributed by atoms with Gasteiger partial charge in [0.2, 0.25) is 0 Å². The molecule has 0 radical (unpaired) electrons. The molecule has 84 valence electrons. The Kier molecular flexibility index (Phi) is 2.53. The van der Waals surface area contributed by atoms with Gasteiger partial charge in [-0.1, -0.05) is 18.2 Å². The Morgan fingerprint density at radius 3 is 2.69 bits per heavy atom. The quantitative estimate of drug-likeness (QED) is 0.821. The summed E-state index contributed by atoms with van der Waals surface area (Å²) in [7, 11) is -3.77. The molecule has 1 aromatic carbocycles. The van der Waals surface area contributed by atoms with Crippen LogP contribution in [-0.4, -0.2) is 13.4 Å². The number of aromatic nitrogens is 1. The standard InChI is InChI=1S/C10H11N3O2S/c1-7-5-6-8-3-2-4-9(10(8)12-7)13-16(11,14)15/h2-6,13H,1H3,(H2,11,14,15). The maximum atomic E-state index is 11.0. The number of nitrogens with two attached hydrogens (primary N) is 1. The van der Waals surface area contributed by atoms with Crippen LogP contribution in [0.25, 0.3) is 10.9 Å². The van der Waals surface area contributed by atoms with E-state index >= 15 is 0 Å². The minimum atomic E-state index is -3.77. The normalized spacial score (nSPS) is 11.6. The number of hydrogen-bond acceptors (Lipinski definition) is 3. The third-order valence-electron chi connectivity index (χ3n) is 2.11. The third-order valence-corrected chi connectivity index (χ3v) is 2.62. The van der Waals surface area contributed by atoms with E-state index in [1.807, 2.05) is 25.1 Å². The van der Waals surface area contributed by atoms with Crippen LogP contribution in [-0.2, 0) is 10.2 Å². The van der Waals surface area contributed by atoms with Crippen molar-refractivity contribution < 1.29 is 8.42 Å². The molecule has 0 aliphatic carbocycles. The molecular weight excluding hydrogens is 226 g/mol. The lowest BCUT2D eigenvalue weighted by Gasteiger charge is -2.07. The molecule has 0 saturated carbocycles. The van der Waals surface area contributed by atoms with Gasteiger partial charge in [-0.25, -0.2) is 5.14 Å². The van der Waals surface area contributed by atoms with Crippen LogP contribution in [0.2, 0.25) is 0 Å². The van der Waals surface area contributed by atoms with E-state index in [2.05, 4.69) is 9.71 Å². The van der Waals surface area contributed by atoms with Gasteiger partial charge in [0.1, 0.15) is 0 Å². The fraction of sp³-hybridized carbons (Fsp3) is 0.100. The summed E-state index contributed by atoms with van der Waals surface area (Å²) in [6.07, 6.45) is 0. The maximum Gasteiger partial charge on any atom is 0.296 e. The highest BCUT2D eigenvalue weighted by Gasteiger charge is 2.07. The van der Waals surface area contributed by atoms with E-state index < -0.39 is 10.2 Å². The molecule has 0 bridgehead atoms. The Hall–Kier alpha value is -1.66. The minimum Gasteiger partial charge on any atom is -0.269 e. The Labute approximate surface area is 93.5 Å². The number of fused-ring (bicyclic) bond motifs is 1. The first-order chi connectivity index (χ1) is 7.46.